The number of piperidine rings is 1. The smallest absolute Gasteiger partial charge is 0.322 e. The van der Waals surface area contributed by atoms with Crippen LogP contribution >= 0.6 is 11.6 Å². The van der Waals surface area contributed by atoms with E-state index in [4.69, 9.17) is 16.3 Å². The van der Waals surface area contributed by atoms with Crippen LogP contribution < -0.4 is 15.5 Å². The van der Waals surface area contributed by atoms with Crippen LogP contribution in [0.2, 0.25) is 5.02 Å². The molecule has 2 aliphatic rings. The fraction of sp³-hybridized carbons (Fsp3) is 0.391. The average molecular weight is 472 g/mol. The van der Waals surface area contributed by atoms with Crippen molar-refractivity contribution in [1.82, 2.24) is 9.88 Å². The number of methoxy groups -OCH3 is 1. The van der Waals surface area contributed by atoms with E-state index >= 15 is 0 Å². The maximum absolute atomic E-state index is 13.0. The van der Waals surface area contributed by atoms with Crippen molar-refractivity contribution < 1.29 is 19.1 Å². The Balaban J connectivity index is 1.42. The van der Waals surface area contributed by atoms with Crippen LogP contribution in [0, 0.1) is 0 Å². The number of aromatic nitrogens is 1. The van der Waals surface area contributed by atoms with Crippen LogP contribution in [0.15, 0.2) is 42.6 Å². The van der Waals surface area contributed by atoms with Gasteiger partial charge in [0.05, 0.1) is 18.0 Å². The largest absolute Gasteiger partial charge is 0.380 e. The number of halogens is 1. The number of carbonyl (C=O) groups excluding carboxylic acids is 3. The van der Waals surface area contributed by atoms with E-state index in [9.17, 15) is 14.4 Å². The number of benzene rings is 1. The summed E-state index contributed by atoms with van der Waals surface area (Å²) in [4.78, 5) is 45.5. The van der Waals surface area contributed by atoms with Gasteiger partial charge < -0.3 is 25.2 Å². The number of nitrogens with zero attached hydrogens (tertiary/aromatic N) is 3. The molecule has 2 saturated heterocycles. The number of nitrogens with one attached hydrogen (secondary N) is 2. The fourth-order valence-electron chi connectivity index (χ4n) is 4.08. The third-order valence-electron chi connectivity index (χ3n) is 5.89. The molecule has 9 nitrogen and oxygen atoms in total. The number of likely N-dealkylation sites (tertiary alicyclic amines) is 1. The van der Waals surface area contributed by atoms with E-state index in [1.54, 1.807) is 54.6 Å². The van der Waals surface area contributed by atoms with E-state index < -0.39 is 12.1 Å². The summed E-state index contributed by atoms with van der Waals surface area (Å²) in [5.74, 6) is 0.0842. The lowest BCUT2D eigenvalue weighted by Crippen LogP contribution is -2.45. The van der Waals surface area contributed by atoms with Crippen LogP contribution in [-0.4, -0.2) is 60.1 Å². The molecule has 33 heavy (non-hydrogen) atoms. The van der Waals surface area contributed by atoms with Gasteiger partial charge in [-0.2, -0.15) is 0 Å². The highest BCUT2D eigenvalue weighted by Crippen LogP contribution is 2.25. The van der Waals surface area contributed by atoms with Gasteiger partial charge >= 0.3 is 6.03 Å². The van der Waals surface area contributed by atoms with Gasteiger partial charge in [-0.15, -0.1) is 0 Å². The first kappa shape index (κ1) is 23.0. The third kappa shape index (κ3) is 5.43. The van der Waals surface area contributed by atoms with Gasteiger partial charge in [-0.3, -0.25) is 9.59 Å². The predicted octanol–water partition coefficient (Wildman–Crippen LogP) is 3.51. The number of rotatable bonds is 5. The summed E-state index contributed by atoms with van der Waals surface area (Å²) >= 11 is 5.90. The van der Waals surface area contributed by atoms with E-state index in [0.29, 0.717) is 41.6 Å². The van der Waals surface area contributed by atoms with Crippen molar-refractivity contribution in [2.45, 2.75) is 37.8 Å². The van der Waals surface area contributed by atoms with Crippen LogP contribution in [0.5, 0.6) is 0 Å². The molecule has 1 aromatic heterocycles. The number of amides is 4. The molecule has 2 aliphatic heterocycles. The van der Waals surface area contributed by atoms with Gasteiger partial charge in [0.15, 0.2) is 0 Å². The Labute approximate surface area is 197 Å². The van der Waals surface area contributed by atoms with Crippen LogP contribution in [0.3, 0.4) is 0 Å². The standard InChI is InChI=1S/C23H26ClN5O4/c1-33-18-12-19(29(14-18)23(32)26-16-7-5-15(24)6-8-16)22(31)27-20-10-9-17(13-25-20)28-11-3-2-4-21(28)30/h5-10,13,18-19H,2-4,11-12,14H2,1H3,(H,26,32)(H,25,27,31)/t18-,19-/m1/s1. The van der Waals surface area contributed by atoms with E-state index in [1.807, 2.05) is 0 Å². The molecule has 174 valence electrons. The molecule has 4 amide bonds. The van der Waals surface area contributed by atoms with Crippen molar-refractivity contribution in [2.75, 3.05) is 35.7 Å². The molecule has 2 aromatic rings. The lowest BCUT2D eigenvalue weighted by Gasteiger charge is -2.26. The van der Waals surface area contributed by atoms with Crippen LogP contribution in [0.1, 0.15) is 25.7 Å². The molecule has 1 aromatic carbocycles. The molecule has 0 unspecified atom stereocenters. The molecule has 0 bridgehead atoms. The summed E-state index contributed by atoms with van der Waals surface area (Å²) in [5.41, 5.74) is 1.29. The Morgan fingerprint density at radius 3 is 2.58 bits per heavy atom. The van der Waals surface area contributed by atoms with Crippen molar-refractivity contribution in [1.29, 1.82) is 0 Å². The maximum Gasteiger partial charge on any atom is 0.322 e. The highest BCUT2D eigenvalue weighted by Gasteiger charge is 2.40. The molecule has 2 atom stereocenters. The number of pyridine rings is 1. The second kappa shape index (κ2) is 10.2. The highest BCUT2D eigenvalue weighted by molar-refractivity contribution is 6.30. The summed E-state index contributed by atoms with van der Waals surface area (Å²) in [6.07, 6.45) is 4.10. The van der Waals surface area contributed by atoms with Gasteiger partial charge in [0.2, 0.25) is 11.8 Å². The molecule has 10 heteroatoms. The minimum atomic E-state index is -0.715. The topological polar surface area (TPSA) is 104 Å². The summed E-state index contributed by atoms with van der Waals surface area (Å²) in [6, 6.07) is 9.05. The number of urea groups is 1. The zero-order chi connectivity index (χ0) is 23.4. The molecule has 0 aliphatic carbocycles. The van der Waals surface area contributed by atoms with Gasteiger partial charge in [0.1, 0.15) is 11.9 Å². The van der Waals surface area contributed by atoms with Gasteiger partial charge in [0.25, 0.3) is 0 Å². The Hall–Kier alpha value is -3.17. The SMILES string of the molecule is CO[C@@H]1C[C@H](C(=O)Nc2ccc(N3CCCCC3=O)cn2)N(C(=O)Nc2ccc(Cl)cc2)C1. The molecule has 2 N–H and O–H groups in total. The Bertz CT molecular complexity index is 1010. The summed E-state index contributed by atoms with van der Waals surface area (Å²) in [7, 11) is 1.56. The number of anilines is 3. The predicted molar refractivity (Wildman–Crippen MR) is 125 cm³/mol. The first-order chi connectivity index (χ1) is 15.9. The first-order valence-corrected chi connectivity index (χ1v) is 11.3. The van der Waals surface area contributed by atoms with Gasteiger partial charge in [-0.05, 0) is 49.2 Å². The minimum Gasteiger partial charge on any atom is -0.380 e. The Morgan fingerprint density at radius 1 is 1.12 bits per heavy atom. The van der Waals surface area contributed by atoms with Crippen molar-refractivity contribution in [3.05, 3.63) is 47.6 Å². The lowest BCUT2D eigenvalue weighted by atomic mass is 10.1. The normalized spacial score (nSPS) is 20.6. The highest BCUT2D eigenvalue weighted by atomic mass is 35.5. The van der Waals surface area contributed by atoms with E-state index in [2.05, 4.69) is 15.6 Å². The number of hydrogen-bond donors (Lipinski definition) is 2. The molecule has 4 rings (SSSR count). The zero-order valence-electron chi connectivity index (χ0n) is 18.3. The van der Waals surface area contributed by atoms with Crippen molar-refractivity contribution in [3.8, 4) is 0 Å². The summed E-state index contributed by atoms with van der Waals surface area (Å²) < 4.78 is 5.41. The van der Waals surface area contributed by atoms with E-state index in [1.165, 1.54) is 4.90 Å². The lowest BCUT2D eigenvalue weighted by molar-refractivity contribution is -0.120. The van der Waals surface area contributed by atoms with Crippen molar-refractivity contribution in [3.63, 3.8) is 0 Å². The second-order valence-electron chi connectivity index (χ2n) is 8.09. The number of hydrogen-bond acceptors (Lipinski definition) is 5. The fourth-order valence-corrected chi connectivity index (χ4v) is 4.20. The van der Waals surface area contributed by atoms with Crippen LogP contribution in [0.25, 0.3) is 0 Å². The van der Waals surface area contributed by atoms with Crippen LogP contribution in [-0.2, 0) is 14.3 Å². The molecular formula is C23H26ClN5O4. The van der Waals surface area contributed by atoms with Crippen molar-refractivity contribution >= 4 is 46.6 Å². The molecule has 0 saturated carbocycles. The van der Waals surface area contributed by atoms with Crippen molar-refractivity contribution in [2.24, 2.45) is 0 Å². The van der Waals surface area contributed by atoms with Gasteiger partial charge in [-0.25, -0.2) is 9.78 Å². The zero-order valence-corrected chi connectivity index (χ0v) is 19.0. The molecule has 2 fully saturated rings. The maximum atomic E-state index is 13.0. The number of carbonyl (C=O) groups is 3. The molecule has 0 radical (unpaired) electrons. The molecule has 0 spiro atoms. The monoisotopic (exact) mass is 471 g/mol. The van der Waals surface area contributed by atoms with E-state index in [-0.39, 0.29) is 24.5 Å². The quantitative estimate of drug-likeness (QED) is 0.694. The average Bonchev–Trinajstić information content (AvgIpc) is 3.27. The Morgan fingerprint density at radius 2 is 1.91 bits per heavy atom. The Kier molecular flexibility index (Phi) is 7.10. The summed E-state index contributed by atoms with van der Waals surface area (Å²) in [6.45, 7) is 0.960. The molecule has 3 heterocycles. The van der Waals surface area contributed by atoms with Crippen LogP contribution in [0.4, 0.5) is 22.0 Å². The number of ether oxygens (including phenoxy) is 1. The van der Waals surface area contributed by atoms with Gasteiger partial charge in [-0.1, -0.05) is 11.6 Å². The first-order valence-electron chi connectivity index (χ1n) is 10.9. The summed E-state index contributed by atoms with van der Waals surface area (Å²) in [5, 5.41) is 6.13. The van der Waals surface area contributed by atoms with Gasteiger partial charge in [0, 0.05) is 43.8 Å². The van der Waals surface area contributed by atoms with E-state index in [0.717, 1.165) is 12.8 Å². The third-order valence-corrected chi connectivity index (χ3v) is 6.14. The second-order valence-corrected chi connectivity index (χ2v) is 8.53. The minimum absolute atomic E-state index is 0.0822. The molecular weight excluding hydrogens is 446 g/mol.